The standard InChI is InChI=1S/C24H27N3O4/c1-4-26(18(2)19-9-8-12-21(17-19)30-3)24(29)22-13-14-23(28)27(25-22)15-16-31-20-10-6-5-7-11-20/h5-14,17-18H,4,15-16H2,1-3H3. The Bertz CT molecular complexity index is 1070. The van der Waals surface area contributed by atoms with E-state index < -0.39 is 0 Å². The van der Waals surface area contributed by atoms with E-state index in [1.54, 1.807) is 12.0 Å². The highest BCUT2D eigenvalue weighted by Gasteiger charge is 2.23. The first-order chi connectivity index (χ1) is 15.0. The summed E-state index contributed by atoms with van der Waals surface area (Å²) in [7, 11) is 1.61. The minimum absolute atomic E-state index is 0.184. The van der Waals surface area contributed by atoms with E-state index in [2.05, 4.69) is 5.10 Å². The zero-order valence-electron chi connectivity index (χ0n) is 18.0. The van der Waals surface area contributed by atoms with Crippen LogP contribution in [0, 0.1) is 0 Å². The molecule has 0 aliphatic rings. The van der Waals surface area contributed by atoms with Crippen molar-refractivity contribution in [3.63, 3.8) is 0 Å². The number of rotatable bonds is 9. The van der Waals surface area contributed by atoms with Crippen molar-refractivity contribution in [3.8, 4) is 11.5 Å². The van der Waals surface area contributed by atoms with Gasteiger partial charge in [-0.3, -0.25) is 9.59 Å². The fraction of sp³-hybridized carbons (Fsp3) is 0.292. The highest BCUT2D eigenvalue weighted by molar-refractivity contribution is 5.92. The number of para-hydroxylation sites is 1. The second-order valence-corrected chi connectivity index (χ2v) is 6.99. The Hall–Kier alpha value is -3.61. The van der Waals surface area contributed by atoms with Gasteiger partial charge in [0.25, 0.3) is 11.5 Å². The largest absolute Gasteiger partial charge is 0.497 e. The number of benzene rings is 2. The third-order valence-electron chi connectivity index (χ3n) is 5.05. The molecule has 0 N–H and O–H groups in total. The van der Waals surface area contributed by atoms with E-state index in [0.29, 0.717) is 12.3 Å². The summed E-state index contributed by atoms with van der Waals surface area (Å²) in [6, 6.07) is 19.6. The molecule has 0 radical (unpaired) electrons. The van der Waals surface area contributed by atoms with E-state index in [1.165, 1.54) is 16.8 Å². The topological polar surface area (TPSA) is 73.7 Å². The molecule has 162 valence electrons. The van der Waals surface area contributed by atoms with Gasteiger partial charge in [0.2, 0.25) is 0 Å². The molecule has 7 nitrogen and oxygen atoms in total. The molecule has 0 aliphatic heterocycles. The van der Waals surface area contributed by atoms with Gasteiger partial charge in [0.1, 0.15) is 23.8 Å². The fourth-order valence-corrected chi connectivity index (χ4v) is 3.31. The summed E-state index contributed by atoms with van der Waals surface area (Å²) >= 11 is 0. The summed E-state index contributed by atoms with van der Waals surface area (Å²) in [6.07, 6.45) is 0. The molecule has 0 fully saturated rings. The average molecular weight is 421 g/mol. The van der Waals surface area contributed by atoms with Crippen LogP contribution in [0.5, 0.6) is 11.5 Å². The Morgan fingerprint density at radius 1 is 1.06 bits per heavy atom. The smallest absolute Gasteiger partial charge is 0.274 e. The minimum atomic E-state index is -0.280. The van der Waals surface area contributed by atoms with Crippen molar-refractivity contribution >= 4 is 5.91 Å². The Morgan fingerprint density at radius 3 is 2.52 bits per heavy atom. The van der Waals surface area contributed by atoms with Crippen molar-refractivity contribution < 1.29 is 14.3 Å². The fourth-order valence-electron chi connectivity index (χ4n) is 3.31. The second kappa shape index (κ2) is 10.4. The van der Waals surface area contributed by atoms with Gasteiger partial charge in [0, 0.05) is 12.6 Å². The molecule has 3 aromatic rings. The highest BCUT2D eigenvalue weighted by atomic mass is 16.5. The molecule has 31 heavy (non-hydrogen) atoms. The first kappa shape index (κ1) is 22.1. The number of methoxy groups -OCH3 is 1. The Labute approximate surface area is 181 Å². The molecular weight excluding hydrogens is 394 g/mol. The van der Waals surface area contributed by atoms with Crippen LogP contribution >= 0.6 is 0 Å². The van der Waals surface area contributed by atoms with Crippen LogP contribution < -0.4 is 15.0 Å². The Balaban J connectivity index is 1.74. The van der Waals surface area contributed by atoms with Gasteiger partial charge >= 0.3 is 0 Å². The van der Waals surface area contributed by atoms with Crippen LogP contribution in [0.15, 0.2) is 71.5 Å². The molecule has 0 saturated carbocycles. The molecule has 1 atom stereocenters. The maximum absolute atomic E-state index is 13.2. The van der Waals surface area contributed by atoms with Crippen molar-refractivity contribution in [2.45, 2.75) is 26.4 Å². The molecule has 0 aliphatic carbocycles. The van der Waals surface area contributed by atoms with Crippen LogP contribution in [0.2, 0.25) is 0 Å². The van der Waals surface area contributed by atoms with Gasteiger partial charge < -0.3 is 14.4 Å². The summed E-state index contributed by atoms with van der Waals surface area (Å²) in [5.41, 5.74) is 0.896. The molecule has 0 saturated heterocycles. The lowest BCUT2D eigenvalue weighted by atomic mass is 10.1. The van der Waals surface area contributed by atoms with Crippen molar-refractivity contribution in [2.24, 2.45) is 0 Å². The van der Waals surface area contributed by atoms with E-state index >= 15 is 0 Å². The molecule has 1 unspecified atom stereocenters. The predicted molar refractivity (Wildman–Crippen MR) is 119 cm³/mol. The van der Waals surface area contributed by atoms with E-state index in [0.717, 1.165) is 11.3 Å². The first-order valence-electron chi connectivity index (χ1n) is 10.2. The number of amides is 1. The molecule has 0 spiro atoms. The van der Waals surface area contributed by atoms with Crippen LogP contribution in [0.1, 0.15) is 35.9 Å². The van der Waals surface area contributed by atoms with Gasteiger partial charge in [-0.05, 0) is 49.7 Å². The molecule has 1 amide bonds. The number of hydrogen-bond acceptors (Lipinski definition) is 5. The minimum Gasteiger partial charge on any atom is -0.497 e. The number of carbonyl (C=O) groups excluding carboxylic acids is 1. The number of nitrogens with zero attached hydrogens (tertiary/aromatic N) is 3. The SMILES string of the molecule is CCN(C(=O)c1ccc(=O)n(CCOc2ccccc2)n1)C(C)c1cccc(OC)c1. The van der Waals surface area contributed by atoms with Crippen LogP contribution in [0.4, 0.5) is 0 Å². The summed E-state index contributed by atoms with van der Waals surface area (Å²) in [6.45, 7) is 4.88. The monoisotopic (exact) mass is 421 g/mol. The lowest BCUT2D eigenvalue weighted by molar-refractivity contribution is 0.0692. The number of hydrogen-bond donors (Lipinski definition) is 0. The lowest BCUT2D eigenvalue weighted by Gasteiger charge is -2.28. The van der Waals surface area contributed by atoms with Crippen LogP contribution in [-0.2, 0) is 6.54 Å². The zero-order chi connectivity index (χ0) is 22.2. The van der Waals surface area contributed by atoms with E-state index in [9.17, 15) is 9.59 Å². The van der Waals surface area contributed by atoms with Crippen molar-refractivity contribution in [1.29, 1.82) is 0 Å². The van der Waals surface area contributed by atoms with Crippen LogP contribution in [0.25, 0.3) is 0 Å². The van der Waals surface area contributed by atoms with Gasteiger partial charge in [-0.1, -0.05) is 30.3 Å². The number of carbonyl (C=O) groups is 1. The van der Waals surface area contributed by atoms with Gasteiger partial charge in [0.05, 0.1) is 19.7 Å². The lowest BCUT2D eigenvalue weighted by Crippen LogP contribution is -2.36. The third-order valence-corrected chi connectivity index (χ3v) is 5.05. The van der Waals surface area contributed by atoms with Crippen molar-refractivity contribution in [3.05, 3.63) is 88.3 Å². The highest BCUT2D eigenvalue weighted by Crippen LogP contribution is 2.24. The predicted octanol–water partition coefficient (Wildman–Crippen LogP) is 3.55. The van der Waals surface area contributed by atoms with E-state index in [1.807, 2.05) is 68.4 Å². The Morgan fingerprint density at radius 2 is 1.81 bits per heavy atom. The zero-order valence-corrected chi connectivity index (χ0v) is 18.0. The van der Waals surface area contributed by atoms with Gasteiger partial charge in [0.15, 0.2) is 0 Å². The molecule has 2 aromatic carbocycles. The normalized spacial score (nSPS) is 11.6. The van der Waals surface area contributed by atoms with Crippen LogP contribution in [0.3, 0.4) is 0 Å². The summed E-state index contributed by atoms with van der Waals surface area (Å²) in [4.78, 5) is 27.1. The molecule has 0 bridgehead atoms. The summed E-state index contributed by atoms with van der Waals surface area (Å²) < 4.78 is 12.2. The number of aromatic nitrogens is 2. The molecule has 7 heteroatoms. The van der Waals surface area contributed by atoms with Gasteiger partial charge in [-0.2, -0.15) is 5.10 Å². The van der Waals surface area contributed by atoms with Gasteiger partial charge in [-0.25, -0.2) is 4.68 Å². The molecular formula is C24H27N3O4. The first-order valence-corrected chi connectivity index (χ1v) is 10.2. The summed E-state index contributed by atoms with van der Waals surface area (Å²) in [5.74, 6) is 1.21. The molecule has 1 aromatic heterocycles. The van der Waals surface area contributed by atoms with Crippen LogP contribution in [-0.4, -0.2) is 40.8 Å². The molecule has 3 rings (SSSR count). The van der Waals surface area contributed by atoms with Gasteiger partial charge in [-0.15, -0.1) is 0 Å². The van der Waals surface area contributed by atoms with E-state index in [-0.39, 0.29) is 36.4 Å². The van der Waals surface area contributed by atoms with E-state index in [4.69, 9.17) is 9.47 Å². The number of ether oxygens (including phenoxy) is 2. The van der Waals surface area contributed by atoms with Crippen molar-refractivity contribution in [1.82, 2.24) is 14.7 Å². The second-order valence-electron chi connectivity index (χ2n) is 6.99. The maximum Gasteiger partial charge on any atom is 0.274 e. The maximum atomic E-state index is 13.2. The van der Waals surface area contributed by atoms with Crippen molar-refractivity contribution in [2.75, 3.05) is 20.3 Å². The average Bonchev–Trinajstić information content (AvgIpc) is 2.81. The third kappa shape index (κ3) is 5.51. The molecule has 1 heterocycles. The Kier molecular flexibility index (Phi) is 7.43. The summed E-state index contributed by atoms with van der Waals surface area (Å²) in [5, 5.41) is 4.29. The quantitative estimate of drug-likeness (QED) is 0.528.